The number of fused-ring (bicyclic) bond motifs is 10. The molecule has 0 N–H and O–H groups in total. The molecule has 0 saturated carbocycles. The minimum absolute atomic E-state index is 0.897. The van der Waals surface area contributed by atoms with Crippen molar-refractivity contribution in [1.29, 1.82) is 0 Å². The van der Waals surface area contributed by atoms with Gasteiger partial charge in [0.2, 0.25) is 0 Å². The Morgan fingerprint density at radius 1 is 0.333 bits per heavy atom. The van der Waals surface area contributed by atoms with E-state index in [0.29, 0.717) is 0 Å². The van der Waals surface area contributed by atoms with Gasteiger partial charge in [0.15, 0.2) is 0 Å². The van der Waals surface area contributed by atoms with Gasteiger partial charge in [-0.2, -0.15) is 0 Å². The first-order chi connectivity index (χ1) is 31.2. The second-order valence-corrected chi connectivity index (χ2v) is 17.4. The molecule has 2 heterocycles. The van der Waals surface area contributed by atoms with E-state index in [0.717, 1.165) is 50.1 Å². The molecule has 0 aliphatic rings. The monoisotopic (exact) mass is 819 g/mol. The number of benzene rings is 11. The lowest BCUT2D eigenvalue weighted by atomic mass is 9.89. The van der Waals surface area contributed by atoms with Crippen molar-refractivity contribution in [1.82, 2.24) is 0 Å². The molecule has 0 spiro atoms. The maximum Gasteiger partial charge on any atom is 0.136 e. The molecule has 11 aromatic carbocycles. The van der Waals surface area contributed by atoms with E-state index >= 15 is 0 Å². The second kappa shape index (κ2) is 14.3. The molecule has 0 radical (unpaired) electrons. The Morgan fingerprint density at radius 3 is 1.70 bits per heavy atom. The van der Waals surface area contributed by atoms with Crippen molar-refractivity contribution >= 4 is 103 Å². The van der Waals surface area contributed by atoms with Gasteiger partial charge >= 0.3 is 0 Å². The maximum atomic E-state index is 6.32. The van der Waals surface area contributed by atoms with Crippen LogP contribution in [0.2, 0.25) is 0 Å². The predicted octanol–water partition coefficient (Wildman–Crippen LogP) is 17.9. The van der Waals surface area contributed by atoms with Gasteiger partial charge in [-0.25, -0.2) is 0 Å². The Bertz CT molecular complexity index is 3910. The summed E-state index contributed by atoms with van der Waals surface area (Å²) in [6.07, 6.45) is 0. The Morgan fingerprint density at radius 2 is 0.905 bits per heavy atom. The summed E-state index contributed by atoms with van der Waals surface area (Å²) in [4.78, 5) is 2.48. The first-order valence-corrected chi connectivity index (χ1v) is 22.3. The van der Waals surface area contributed by atoms with Crippen molar-refractivity contribution in [2.45, 2.75) is 0 Å². The standard InChI is InChI=1S/C60H37NOS/c1-2-13-41-36-43(25-24-38(41)12-1)58-52-18-5-3-14-47(52)48-15-4-6-19-53(48)59(58)61(44-31-26-39(27-32-44)42-30-35-50-49-16-7-9-22-55(49)62-56(50)37-42)45-33-28-40(29-34-45)46-20-11-21-54-51-17-8-10-23-57(51)63-60(46)54/h1-37H. The van der Waals surface area contributed by atoms with E-state index in [-0.39, 0.29) is 0 Å². The van der Waals surface area contributed by atoms with Crippen LogP contribution in [-0.4, -0.2) is 0 Å². The topological polar surface area (TPSA) is 16.4 Å². The number of hydrogen-bond donors (Lipinski definition) is 0. The Balaban J connectivity index is 1.03. The lowest BCUT2D eigenvalue weighted by molar-refractivity contribution is 0.669. The third-order valence-electron chi connectivity index (χ3n) is 12.8. The fraction of sp³-hybridized carbons (Fsp3) is 0. The second-order valence-electron chi connectivity index (χ2n) is 16.4. The molecule has 0 amide bonds. The molecule has 2 aromatic heterocycles. The lowest BCUT2D eigenvalue weighted by Gasteiger charge is -2.31. The fourth-order valence-corrected chi connectivity index (χ4v) is 11.1. The SMILES string of the molecule is c1ccc2cc(-c3c(N(c4ccc(-c5ccc6c(c5)oc5ccccc56)cc4)c4ccc(-c5cccc6c5sc5ccccc56)cc4)c4ccccc4c4ccccc34)ccc2c1. The van der Waals surface area contributed by atoms with E-state index in [1.54, 1.807) is 0 Å². The van der Waals surface area contributed by atoms with Gasteiger partial charge in [0.05, 0.1) is 5.69 Å². The highest BCUT2D eigenvalue weighted by molar-refractivity contribution is 7.26. The Labute approximate surface area is 368 Å². The number of hydrogen-bond acceptors (Lipinski definition) is 3. The minimum Gasteiger partial charge on any atom is -0.456 e. The van der Waals surface area contributed by atoms with E-state index < -0.39 is 0 Å². The highest BCUT2D eigenvalue weighted by Crippen LogP contribution is 2.50. The molecule has 2 nitrogen and oxygen atoms in total. The molecule has 13 aromatic rings. The average Bonchev–Trinajstić information content (AvgIpc) is 3.93. The van der Waals surface area contributed by atoms with Gasteiger partial charge in [-0.3, -0.25) is 0 Å². The molecule has 0 atom stereocenters. The quantitative estimate of drug-likeness (QED) is 0.155. The summed E-state index contributed by atoms with van der Waals surface area (Å²) in [5.74, 6) is 0. The Kier molecular flexibility index (Phi) is 8.12. The van der Waals surface area contributed by atoms with Gasteiger partial charge in [-0.05, 0) is 109 Å². The van der Waals surface area contributed by atoms with Gasteiger partial charge < -0.3 is 9.32 Å². The van der Waals surface area contributed by atoms with Crippen molar-refractivity contribution in [2.75, 3.05) is 4.90 Å². The lowest BCUT2D eigenvalue weighted by Crippen LogP contribution is -2.12. The van der Waals surface area contributed by atoms with Gasteiger partial charge in [-0.1, -0.05) is 170 Å². The van der Waals surface area contributed by atoms with Crippen LogP contribution < -0.4 is 4.90 Å². The molecule has 0 unspecified atom stereocenters. The normalized spacial score (nSPS) is 11.8. The van der Waals surface area contributed by atoms with Crippen molar-refractivity contribution in [3.8, 4) is 33.4 Å². The smallest absolute Gasteiger partial charge is 0.136 e. The van der Waals surface area contributed by atoms with Crippen LogP contribution in [0, 0.1) is 0 Å². The minimum atomic E-state index is 0.897. The summed E-state index contributed by atoms with van der Waals surface area (Å²) >= 11 is 1.87. The molecule has 3 heteroatoms. The van der Waals surface area contributed by atoms with Crippen LogP contribution in [-0.2, 0) is 0 Å². The van der Waals surface area contributed by atoms with E-state index in [4.69, 9.17) is 4.42 Å². The summed E-state index contributed by atoms with van der Waals surface area (Å²) < 4.78 is 8.95. The van der Waals surface area contributed by atoms with E-state index in [9.17, 15) is 0 Å². The van der Waals surface area contributed by atoms with Crippen LogP contribution in [0.5, 0.6) is 0 Å². The van der Waals surface area contributed by atoms with Crippen LogP contribution >= 0.6 is 11.3 Å². The summed E-state index contributed by atoms with van der Waals surface area (Å²) in [7, 11) is 0. The Hall–Kier alpha value is -7.98. The highest BCUT2D eigenvalue weighted by Gasteiger charge is 2.24. The molecule has 0 bridgehead atoms. The van der Waals surface area contributed by atoms with Crippen LogP contribution in [0.25, 0.3) is 108 Å². The summed E-state index contributed by atoms with van der Waals surface area (Å²) in [5.41, 5.74) is 12.2. The molecule has 63 heavy (non-hydrogen) atoms. The van der Waals surface area contributed by atoms with Crippen molar-refractivity contribution in [3.05, 3.63) is 224 Å². The molecule has 13 rings (SSSR count). The summed E-state index contributed by atoms with van der Waals surface area (Å²) in [6.45, 7) is 0. The molecular formula is C60H37NOS. The highest BCUT2D eigenvalue weighted by atomic mass is 32.1. The summed E-state index contributed by atoms with van der Waals surface area (Å²) in [5, 5.41) is 12.2. The first-order valence-electron chi connectivity index (χ1n) is 21.5. The van der Waals surface area contributed by atoms with E-state index in [2.05, 4.69) is 217 Å². The van der Waals surface area contributed by atoms with Crippen LogP contribution in [0.15, 0.2) is 229 Å². The molecular weight excluding hydrogens is 783 g/mol. The fourth-order valence-electron chi connectivity index (χ4n) is 9.87. The van der Waals surface area contributed by atoms with Crippen molar-refractivity contribution < 1.29 is 4.42 Å². The van der Waals surface area contributed by atoms with Crippen LogP contribution in [0.1, 0.15) is 0 Å². The average molecular weight is 820 g/mol. The van der Waals surface area contributed by atoms with E-state index in [1.807, 2.05) is 23.5 Å². The van der Waals surface area contributed by atoms with Crippen LogP contribution in [0.4, 0.5) is 17.1 Å². The molecule has 294 valence electrons. The molecule has 0 aliphatic heterocycles. The van der Waals surface area contributed by atoms with Crippen LogP contribution in [0.3, 0.4) is 0 Å². The van der Waals surface area contributed by atoms with Gasteiger partial charge in [-0.15, -0.1) is 11.3 Å². The third-order valence-corrected chi connectivity index (χ3v) is 14.1. The molecule has 0 aliphatic carbocycles. The maximum absolute atomic E-state index is 6.32. The van der Waals surface area contributed by atoms with Crippen molar-refractivity contribution in [3.63, 3.8) is 0 Å². The van der Waals surface area contributed by atoms with E-state index in [1.165, 1.54) is 74.7 Å². The van der Waals surface area contributed by atoms with Gasteiger partial charge in [0.1, 0.15) is 11.2 Å². The zero-order valence-electron chi connectivity index (χ0n) is 34.1. The number of thiophene rings is 1. The van der Waals surface area contributed by atoms with Crippen molar-refractivity contribution in [2.24, 2.45) is 0 Å². The number of rotatable bonds is 6. The third kappa shape index (κ3) is 5.78. The number of furan rings is 1. The largest absolute Gasteiger partial charge is 0.456 e. The number of nitrogens with zero attached hydrogens (tertiary/aromatic N) is 1. The molecule has 0 fully saturated rings. The number of anilines is 3. The predicted molar refractivity (Wildman–Crippen MR) is 270 cm³/mol. The summed E-state index contributed by atoms with van der Waals surface area (Å²) in [6, 6.07) is 81.9. The molecule has 0 saturated heterocycles. The zero-order valence-corrected chi connectivity index (χ0v) is 34.9. The van der Waals surface area contributed by atoms with Gasteiger partial charge in [0, 0.05) is 53.3 Å². The van der Waals surface area contributed by atoms with Gasteiger partial charge in [0.25, 0.3) is 0 Å². The first kappa shape index (κ1) is 35.7. The number of para-hydroxylation sites is 1. The zero-order chi connectivity index (χ0) is 41.4.